The minimum atomic E-state index is -1.54. The Bertz CT molecular complexity index is 183. The van der Waals surface area contributed by atoms with Gasteiger partial charge in [0, 0.05) is 0 Å². The summed E-state index contributed by atoms with van der Waals surface area (Å²) in [5.74, 6) is 0. The second-order valence-electron chi connectivity index (χ2n) is 3.52. The number of carbonyl (C=O) groups excluding carboxylic acids is 1. The Morgan fingerprint density at radius 3 is 2.13 bits per heavy atom. The maximum absolute atomic E-state index is 10.4. The zero-order valence-corrected chi connectivity index (χ0v) is 8.78. The third kappa shape index (κ3) is 4.67. The summed E-state index contributed by atoms with van der Waals surface area (Å²) in [4.78, 5) is 10.4. The Labute approximate surface area is 88.1 Å². The van der Waals surface area contributed by atoms with Crippen molar-refractivity contribution < 1.29 is 30.0 Å². The van der Waals surface area contributed by atoms with Crippen molar-refractivity contribution in [3.63, 3.8) is 0 Å². The van der Waals surface area contributed by atoms with Gasteiger partial charge in [0.2, 0.25) is 0 Å². The van der Waals surface area contributed by atoms with Crippen LogP contribution in [0, 0.1) is 0 Å². The van der Waals surface area contributed by atoms with Crippen molar-refractivity contribution in [2.45, 2.75) is 44.4 Å². The first-order valence-corrected chi connectivity index (χ1v) is 4.69. The first kappa shape index (κ1) is 14.5. The molecule has 6 heteroatoms. The molecule has 0 aliphatic heterocycles. The maximum atomic E-state index is 10.4. The van der Waals surface area contributed by atoms with Gasteiger partial charge in [-0.15, -0.1) is 0 Å². The second-order valence-corrected chi connectivity index (χ2v) is 3.52. The second kappa shape index (κ2) is 6.86. The molecular weight excluding hydrogens is 204 g/mol. The summed E-state index contributed by atoms with van der Waals surface area (Å²) < 4.78 is 5.09. The van der Waals surface area contributed by atoms with Crippen LogP contribution in [0.3, 0.4) is 0 Å². The van der Waals surface area contributed by atoms with Gasteiger partial charge in [-0.05, 0) is 13.8 Å². The average molecular weight is 222 g/mol. The number of aliphatic hydroxyl groups is 4. The third-order valence-electron chi connectivity index (χ3n) is 1.82. The van der Waals surface area contributed by atoms with Gasteiger partial charge in [0.05, 0.1) is 12.7 Å². The minimum absolute atomic E-state index is 0.209. The number of carbonyl (C=O) groups is 1. The molecule has 0 aliphatic rings. The molecule has 15 heavy (non-hydrogen) atoms. The van der Waals surface area contributed by atoms with Gasteiger partial charge in [0.15, 0.2) is 6.29 Å². The lowest BCUT2D eigenvalue weighted by atomic mass is 10.0. The number of rotatable bonds is 7. The van der Waals surface area contributed by atoms with Crippen LogP contribution < -0.4 is 0 Å². The highest BCUT2D eigenvalue weighted by Crippen LogP contribution is 2.11. The molecule has 0 radical (unpaired) electrons. The van der Waals surface area contributed by atoms with Crippen molar-refractivity contribution >= 4 is 6.29 Å². The Kier molecular flexibility index (Phi) is 6.62. The van der Waals surface area contributed by atoms with Gasteiger partial charge in [-0.3, -0.25) is 0 Å². The Hall–Kier alpha value is -0.530. The van der Waals surface area contributed by atoms with E-state index in [4.69, 9.17) is 14.9 Å². The van der Waals surface area contributed by atoms with Crippen molar-refractivity contribution in [1.82, 2.24) is 0 Å². The molecule has 0 spiro atoms. The first-order valence-electron chi connectivity index (χ1n) is 4.69. The molecule has 90 valence electrons. The molecular formula is C9H18O6. The van der Waals surface area contributed by atoms with Crippen molar-refractivity contribution in [1.29, 1.82) is 0 Å². The molecule has 0 aromatic heterocycles. The van der Waals surface area contributed by atoms with E-state index in [1.54, 1.807) is 13.8 Å². The number of hydrogen-bond acceptors (Lipinski definition) is 6. The quantitative estimate of drug-likeness (QED) is 0.373. The summed E-state index contributed by atoms with van der Waals surface area (Å²) in [5.41, 5.74) is 0. The van der Waals surface area contributed by atoms with Gasteiger partial charge < -0.3 is 30.0 Å². The number of aliphatic hydroxyl groups excluding tert-OH is 4. The van der Waals surface area contributed by atoms with Crippen molar-refractivity contribution in [3.8, 4) is 0 Å². The van der Waals surface area contributed by atoms with E-state index in [0.29, 0.717) is 0 Å². The fourth-order valence-corrected chi connectivity index (χ4v) is 1.08. The molecule has 4 atom stereocenters. The third-order valence-corrected chi connectivity index (χ3v) is 1.82. The van der Waals surface area contributed by atoms with E-state index in [1.807, 2.05) is 0 Å². The smallest absolute Gasteiger partial charge is 0.151 e. The normalized spacial score (nSPS) is 19.7. The van der Waals surface area contributed by atoms with Crippen molar-refractivity contribution in [2.24, 2.45) is 0 Å². The Balaban J connectivity index is 4.53. The van der Waals surface area contributed by atoms with Crippen LogP contribution in [-0.2, 0) is 9.53 Å². The monoisotopic (exact) mass is 222 g/mol. The highest BCUT2D eigenvalue weighted by Gasteiger charge is 2.33. The molecule has 0 fully saturated rings. The van der Waals surface area contributed by atoms with Gasteiger partial charge in [-0.2, -0.15) is 0 Å². The summed E-state index contributed by atoms with van der Waals surface area (Å²) in [6, 6.07) is 0. The molecule has 0 unspecified atom stereocenters. The largest absolute Gasteiger partial charge is 0.394 e. The predicted molar refractivity (Wildman–Crippen MR) is 51.2 cm³/mol. The zero-order chi connectivity index (χ0) is 12.0. The molecule has 0 saturated heterocycles. The highest BCUT2D eigenvalue weighted by atomic mass is 16.5. The number of aldehydes is 1. The molecule has 0 amide bonds. The first-order chi connectivity index (χ1) is 6.93. The van der Waals surface area contributed by atoms with Crippen LogP contribution in [0.4, 0.5) is 0 Å². The van der Waals surface area contributed by atoms with Gasteiger partial charge in [-0.1, -0.05) is 0 Å². The van der Waals surface area contributed by atoms with E-state index in [1.165, 1.54) is 0 Å². The number of ether oxygens (including phenoxy) is 1. The van der Waals surface area contributed by atoms with Crippen molar-refractivity contribution in [2.75, 3.05) is 6.61 Å². The van der Waals surface area contributed by atoms with Gasteiger partial charge in [-0.25, -0.2) is 0 Å². The minimum Gasteiger partial charge on any atom is -0.394 e. The van der Waals surface area contributed by atoms with E-state index < -0.39 is 31.0 Å². The average Bonchev–Trinajstić information content (AvgIpc) is 2.22. The number of hydrogen-bond donors (Lipinski definition) is 4. The van der Waals surface area contributed by atoms with E-state index in [-0.39, 0.29) is 12.4 Å². The fourth-order valence-electron chi connectivity index (χ4n) is 1.08. The van der Waals surface area contributed by atoms with Gasteiger partial charge >= 0.3 is 0 Å². The lowest BCUT2D eigenvalue weighted by Crippen LogP contribution is -2.48. The van der Waals surface area contributed by atoms with Crippen LogP contribution in [0.1, 0.15) is 13.8 Å². The van der Waals surface area contributed by atoms with Crippen LogP contribution in [0.5, 0.6) is 0 Å². The van der Waals surface area contributed by atoms with Crippen LogP contribution >= 0.6 is 0 Å². The molecule has 0 heterocycles. The van der Waals surface area contributed by atoms with Crippen LogP contribution in [0.25, 0.3) is 0 Å². The topological polar surface area (TPSA) is 107 Å². The summed E-state index contributed by atoms with van der Waals surface area (Å²) >= 11 is 0. The molecule has 0 aliphatic carbocycles. The SMILES string of the molecule is CC(C)O[C@@H]([C@H](O)[C@H](O)CO)[C@@H](O)C=O. The Morgan fingerprint density at radius 2 is 1.80 bits per heavy atom. The highest BCUT2D eigenvalue weighted by molar-refractivity contribution is 5.56. The summed E-state index contributed by atoms with van der Waals surface area (Å²) in [6.07, 6.45) is -5.88. The predicted octanol–water partition coefficient (Wildman–Crippen LogP) is -1.95. The van der Waals surface area contributed by atoms with Crippen molar-refractivity contribution in [3.05, 3.63) is 0 Å². The molecule has 0 aromatic rings. The summed E-state index contributed by atoms with van der Waals surface area (Å²) in [6.45, 7) is 2.63. The molecule has 6 nitrogen and oxygen atoms in total. The standard InChI is InChI=1S/C9H18O6/c1-5(2)15-9(7(13)4-11)8(14)6(12)3-10/h4-10,12-14H,3H2,1-2H3/t6-,7+,8-,9-/m1/s1. The zero-order valence-electron chi connectivity index (χ0n) is 8.78. The Morgan fingerprint density at radius 1 is 1.27 bits per heavy atom. The summed E-state index contributed by atoms with van der Waals surface area (Å²) in [5, 5.41) is 36.5. The lowest BCUT2D eigenvalue weighted by Gasteiger charge is -2.29. The lowest BCUT2D eigenvalue weighted by molar-refractivity contribution is -0.159. The van der Waals surface area contributed by atoms with Crippen LogP contribution in [-0.4, -0.2) is 63.8 Å². The van der Waals surface area contributed by atoms with E-state index in [0.717, 1.165) is 0 Å². The molecule has 0 aromatic carbocycles. The molecule has 0 rings (SSSR count). The van der Waals surface area contributed by atoms with Crippen LogP contribution in [0.2, 0.25) is 0 Å². The fraction of sp³-hybridized carbons (Fsp3) is 0.889. The summed E-state index contributed by atoms with van der Waals surface area (Å²) in [7, 11) is 0. The van der Waals surface area contributed by atoms with Crippen LogP contribution in [0.15, 0.2) is 0 Å². The van der Waals surface area contributed by atoms with E-state index in [9.17, 15) is 15.0 Å². The molecule has 0 bridgehead atoms. The maximum Gasteiger partial charge on any atom is 0.151 e. The van der Waals surface area contributed by atoms with Gasteiger partial charge in [0.1, 0.15) is 24.4 Å². The molecule has 0 saturated carbocycles. The molecule has 4 N–H and O–H groups in total. The van der Waals surface area contributed by atoms with Gasteiger partial charge in [0.25, 0.3) is 0 Å². The van der Waals surface area contributed by atoms with E-state index in [2.05, 4.69) is 0 Å². The van der Waals surface area contributed by atoms with E-state index >= 15 is 0 Å².